The molecule has 1 aromatic carbocycles. The van der Waals surface area contributed by atoms with Crippen LogP contribution in [0.15, 0.2) is 23.1 Å². The van der Waals surface area contributed by atoms with Crippen molar-refractivity contribution < 1.29 is 12.8 Å². The lowest BCUT2D eigenvalue weighted by molar-refractivity contribution is 0.459. The van der Waals surface area contributed by atoms with Crippen LogP contribution in [0.3, 0.4) is 0 Å². The third kappa shape index (κ3) is 3.38. The molecule has 108 valence electrons. The molecule has 0 radical (unpaired) electrons. The predicted molar refractivity (Wildman–Crippen MR) is 74.6 cm³/mol. The smallest absolute Gasteiger partial charge is 0.244 e. The van der Waals surface area contributed by atoms with Gasteiger partial charge in [0.1, 0.15) is 10.7 Å². The molecule has 1 saturated heterocycles. The molecule has 2 N–H and O–H groups in total. The Labute approximate surface area is 123 Å². The van der Waals surface area contributed by atoms with Crippen LogP contribution in [0.2, 0.25) is 5.02 Å². The van der Waals surface area contributed by atoms with Gasteiger partial charge in [0.2, 0.25) is 10.0 Å². The van der Waals surface area contributed by atoms with E-state index in [9.17, 15) is 12.8 Å². The third-order valence-electron chi connectivity index (χ3n) is 3.09. The minimum absolute atomic E-state index is 0. The number of nitrogens with zero attached hydrogens (tertiary/aromatic N) is 1. The summed E-state index contributed by atoms with van der Waals surface area (Å²) in [5.74, 6) is -0.376. The van der Waals surface area contributed by atoms with Gasteiger partial charge >= 0.3 is 0 Å². The highest BCUT2D eigenvalue weighted by Crippen LogP contribution is 2.28. The molecule has 1 fully saturated rings. The first-order valence-electron chi connectivity index (χ1n) is 5.60. The quantitative estimate of drug-likeness (QED) is 0.921. The average molecular weight is 329 g/mol. The monoisotopic (exact) mass is 328 g/mol. The fourth-order valence-corrected chi connectivity index (χ4v) is 4.07. The summed E-state index contributed by atoms with van der Waals surface area (Å²) >= 11 is 5.79. The van der Waals surface area contributed by atoms with Gasteiger partial charge in [-0.15, -0.1) is 12.4 Å². The molecule has 1 unspecified atom stereocenters. The van der Waals surface area contributed by atoms with E-state index < -0.39 is 15.8 Å². The van der Waals surface area contributed by atoms with Gasteiger partial charge in [0.15, 0.2) is 0 Å². The number of sulfonamides is 1. The van der Waals surface area contributed by atoms with Crippen LogP contribution in [0, 0.1) is 11.7 Å². The minimum Gasteiger partial charge on any atom is -0.330 e. The largest absolute Gasteiger partial charge is 0.330 e. The molecule has 0 spiro atoms. The summed E-state index contributed by atoms with van der Waals surface area (Å²) in [5, 5.41) is -0.0915. The Balaban J connectivity index is 0.00000180. The van der Waals surface area contributed by atoms with Crippen molar-refractivity contribution >= 4 is 34.0 Å². The second-order valence-corrected chi connectivity index (χ2v) is 6.64. The lowest BCUT2D eigenvalue weighted by Gasteiger charge is -2.17. The van der Waals surface area contributed by atoms with Gasteiger partial charge in [0.05, 0.1) is 5.02 Å². The molecule has 1 aromatic rings. The zero-order valence-electron chi connectivity index (χ0n) is 10.1. The first-order chi connectivity index (χ1) is 8.45. The van der Waals surface area contributed by atoms with Gasteiger partial charge in [-0.1, -0.05) is 11.6 Å². The standard InChI is InChI=1S/C11H14ClFN2O2S.ClH/c12-10-5-9(13)1-2-11(10)18(16,17)15-4-3-8(6-14)7-15;/h1-2,5,8H,3-4,6-7,14H2;1H. The van der Waals surface area contributed by atoms with Crippen LogP contribution >= 0.6 is 24.0 Å². The molecule has 0 aromatic heterocycles. The van der Waals surface area contributed by atoms with Crippen molar-refractivity contribution in [2.24, 2.45) is 11.7 Å². The van der Waals surface area contributed by atoms with Crippen molar-refractivity contribution in [3.8, 4) is 0 Å². The Hall–Kier alpha value is -0.400. The zero-order valence-corrected chi connectivity index (χ0v) is 12.4. The molecule has 19 heavy (non-hydrogen) atoms. The van der Waals surface area contributed by atoms with Gasteiger partial charge < -0.3 is 5.73 Å². The van der Waals surface area contributed by atoms with E-state index in [4.69, 9.17) is 17.3 Å². The summed E-state index contributed by atoms with van der Waals surface area (Å²) in [4.78, 5) is -0.0526. The van der Waals surface area contributed by atoms with E-state index in [2.05, 4.69) is 0 Å². The molecule has 1 aliphatic rings. The van der Waals surface area contributed by atoms with E-state index in [1.807, 2.05) is 0 Å². The number of nitrogens with two attached hydrogens (primary N) is 1. The van der Waals surface area contributed by atoms with E-state index in [0.29, 0.717) is 19.6 Å². The number of halogens is 3. The normalized spacial score (nSPS) is 20.3. The molecule has 1 atom stereocenters. The molecule has 1 aliphatic heterocycles. The van der Waals surface area contributed by atoms with Crippen molar-refractivity contribution in [1.29, 1.82) is 0 Å². The zero-order chi connectivity index (χ0) is 13.3. The average Bonchev–Trinajstić information content (AvgIpc) is 2.77. The highest BCUT2D eigenvalue weighted by atomic mass is 35.5. The summed E-state index contributed by atoms with van der Waals surface area (Å²) in [6.07, 6.45) is 0.745. The van der Waals surface area contributed by atoms with E-state index in [1.54, 1.807) is 0 Å². The Kier molecular flexibility index (Phi) is 5.58. The van der Waals surface area contributed by atoms with Gasteiger partial charge in [0.25, 0.3) is 0 Å². The van der Waals surface area contributed by atoms with Gasteiger partial charge in [-0.3, -0.25) is 0 Å². The van der Waals surface area contributed by atoms with Crippen LogP contribution in [0.5, 0.6) is 0 Å². The van der Waals surface area contributed by atoms with Crippen LogP contribution in [-0.2, 0) is 10.0 Å². The lowest BCUT2D eigenvalue weighted by atomic mass is 10.1. The van der Waals surface area contributed by atoms with Crippen LogP contribution in [0.1, 0.15) is 6.42 Å². The number of hydrogen-bond acceptors (Lipinski definition) is 3. The van der Waals surface area contributed by atoms with Crippen LogP contribution < -0.4 is 5.73 Å². The SMILES string of the molecule is Cl.NCC1CCN(S(=O)(=O)c2ccc(F)cc2Cl)C1. The van der Waals surface area contributed by atoms with Gasteiger partial charge in [-0.25, -0.2) is 12.8 Å². The van der Waals surface area contributed by atoms with Crippen LogP contribution in [0.4, 0.5) is 4.39 Å². The highest BCUT2D eigenvalue weighted by molar-refractivity contribution is 7.89. The predicted octanol–water partition coefficient (Wildman–Crippen LogP) is 1.87. The summed E-state index contributed by atoms with van der Waals surface area (Å²) in [6.45, 7) is 1.29. The maximum atomic E-state index is 12.9. The van der Waals surface area contributed by atoms with E-state index in [1.165, 1.54) is 10.4 Å². The third-order valence-corrected chi connectivity index (χ3v) is 5.44. The fourth-order valence-electron chi connectivity index (χ4n) is 2.03. The molecule has 0 amide bonds. The summed E-state index contributed by atoms with van der Waals surface area (Å²) in [7, 11) is -3.65. The molecule has 0 bridgehead atoms. The van der Waals surface area contributed by atoms with Crippen molar-refractivity contribution in [3.63, 3.8) is 0 Å². The van der Waals surface area contributed by atoms with Crippen molar-refractivity contribution in [2.75, 3.05) is 19.6 Å². The fraction of sp³-hybridized carbons (Fsp3) is 0.455. The van der Waals surface area contributed by atoms with Crippen molar-refractivity contribution in [3.05, 3.63) is 29.0 Å². The molecular weight excluding hydrogens is 314 g/mol. The highest BCUT2D eigenvalue weighted by Gasteiger charge is 2.33. The topological polar surface area (TPSA) is 63.4 Å². The lowest BCUT2D eigenvalue weighted by Crippen LogP contribution is -2.30. The first kappa shape index (κ1) is 16.7. The second kappa shape index (κ2) is 6.37. The number of rotatable bonds is 3. The second-order valence-electron chi connectivity index (χ2n) is 4.33. The molecule has 0 aliphatic carbocycles. The molecule has 1 heterocycles. The van der Waals surface area contributed by atoms with Gasteiger partial charge in [-0.2, -0.15) is 4.31 Å². The van der Waals surface area contributed by atoms with Gasteiger partial charge in [-0.05, 0) is 37.1 Å². The van der Waals surface area contributed by atoms with Crippen molar-refractivity contribution in [2.45, 2.75) is 11.3 Å². The van der Waals surface area contributed by atoms with Crippen LogP contribution in [-0.4, -0.2) is 32.4 Å². The number of hydrogen-bond donors (Lipinski definition) is 1. The molecule has 2 rings (SSSR count). The summed E-state index contributed by atoms with van der Waals surface area (Å²) < 4.78 is 38.9. The summed E-state index contributed by atoms with van der Waals surface area (Å²) in [6, 6.07) is 3.29. The Morgan fingerprint density at radius 2 is 2.16 bits per heavy atom. The van der Waals surface area contributed by atoms with E-state index in [0.717, 1.165) is 18.6 Å². The first-order valence-corrected chi connectivity index (χ1v) is 7.42. The molecular formula is C11H15Cl2FN2O2S. The maximum Gasteiger partial charge on any atom is 0.244 e. The number of benzene rings is 1. The Bertz CT molecular complexity index is 554. The van der Waals surface area contributed by atoms with E-state index >= 15 is 0 Å². The Morgan fingerprint density at radius 3 is 2.68 bits per heavy atom. The molecule has 4 nitrogen and oxygen atoms in total. The van der Waals surface area contributed by atoms with Gasteiger partial charge in [0, 0.05) is 13.1 Å². The Morgan fingerprint density at radius 1 is 1.47 bits per heavy atom. The van der Waals surface area contributed by atoms with E-state index in [-0.39, 0.29) is 28.2 Å². The summed E-state index contributed by atoms with van der Waals surface area (Å²) in [5.41, 5.74) is 5.53. The molecule has 0 saturated carbocycles. The molecule has 8 heteroatoms. The minimum atomic E-state index is -3.65. The van der Waals surface area contributed by atoms with Crippen molar-refractivity contribution in [1.82, 2.24) is 4.31 Å². The maximum absolute atomic E-state index is 12.9. The van der Waals surface area contributed by atoms with Crippen LogP contribution in [0.25, 0.3) is 0 Å².